The molecule has 0 fully saturated rings. The van der Waals surface area contributed by atoms with E-state index in [0.717, 1.165) is 22.2 Å². The first-order chi connectivity index (χ1) is 12.9. The molecular formula is C19H28ClIN4O3. The Morgan fingerprint density at radius 2 is 1.75 bits per heavy atom. The van der Waals surface area contributed by atoms with Crippen molar-refractivity contribution < 1.29 is 14.2 Å². The maximum atomic E-state index is 6.07. The second-order valence-electron chi connectivity index (χ2n) is 6.05. The molecule has 2 rings (SSSR count). The van der Waals surface area contributed by atoms with Crippen molar-refractivity contribution >= 4 is 41.5 Å². The molecule has 0 atom stereocenters. The number of halogens is 2. The van der Waals surface area contributed by atoms with Gasteiger partial charge in [-0.05, 0) is 23.8 Å². The van der Waals surface area contributed by atoms with Gasteiger partial charge in [-0.15, -0.1) is 24.0 Å². The number of nitrogens with zero attached hydrogens (tertiary/aromatic N) is 3. The van der Waals surface area contributed by atoms with Gasteiger partial charge in [0.1, 0.15) is 0 Å². The van der Waals surface area contributed by atoms with Crippen molar-refractivity contribution in [3.8, 4) is 17.2 Å². The summed E-state index contributed by atoms with van der Waals surface area (Å²) in [6, 6.07) is 5.78. The van der Waals surface area contributed by atoms with E-state index in [9.17, 15) is 0 Å². The lowest BCUT2D eigenvalue weighted by atomic mass is 10.2. The number of benzene rings is 1. The fourth-order valence-electron chi connectivity index (χ4n) is 2.84. The maximum Gasteiger partial charge on any atom is 0.203 e. The lowest BCUT2D eigenvalue weighted by Crippen LogP contribution is -2.38. The number of hydrogen-bond acceptors (Lipinski definition) is 4. The standard InChI is InChI=1S/C19H27ClN4O3.HI/c1-21-19(24(3)12-15-9-14(20)11-23(15)2)22-10-13-7-16(25-4)18(27-6)17(8-13)26-5;/h7-9,11H,10,12H2,1-6H3,(H,21,22);1H. The van der Waals surface area contributed by atoms with E-state index in [0.29, 0.717) is 30.3 Å². The molecule has 0 bridgehead atoms. The van der Waals surface area contributed by atoms with Crippen LogP contribution in [0.25, 0.3) is 0 Å². The summed E-state index contributed by atoms with van der Waals surface area (Å²) in [6.45, 7) is 1.24. The third-order valence-corrected chi connectivity index (χ3v) is 4.43. The maximum absolute atomic E-state index is 6.07. The van der Waals surface area contributed by atoms with Crippen molar-refractivity contribution in [1.29, 1.82) is 0 Å². The Bertz CT molecular complexity index is 785. The van der Waals surface area contributed by atoms with Gasteiger partial charge in [0.15, 0.2) is 17.5 Å². The summed E-state index contributed by atoms with van der Waals surface area (Å²) < 4.78 is 18.2. The fourth-order valence-corrected chi connectivity index (χ4v) is 3.12. The van der Waals surface area contributed by atoms with Gasteiger partial charge in [0, 0.05) is 39.6 Å². The average molecular weight is 523 g/mol. The highest BCUT2D eigenvalue weighted by molar-refractivity contribution is 14.0. The Morgan fingerprint density at radius 1 is 1.14 bits per heavy atom. The first-order valence-electron chi connectivity index (χ1n) is 8.44. The summed E-state index contributed by atoms with van der Waals surface area (Å²) >= 11 is 6.07. The van der Waals surface area contributed by atoms with Crippen LogP contribution in [0.2, 0.25) is 5.02 Å². The van der Waals surface area contributed by atoms with Gasteiger partial charge >= 0.3 is 0 Å². The number of rotatable bonds is 7. The molecular weight excluding hydrogens is 495 g/mol. The lowest BCUT2D eigenvalue weighted by molar-refractivity contribution is 0.323. The molecule has 0 saturated heterocycles. The minimum Gasteiger partial charge on any atom is -0.493 e. The van der Waals surface area contributed by atoms with Crippen LogP contribution in [0.5, 0.6) is 17.2 Å². The van der Waals surface area contributed by atoms with Gasteiger partial charge < -0.3 is 29.0 Å². The number of nitrogens with one attached hydrogen (secondary N) is 1. The fraction of sp³-hybridized carbons (Fsp3) is 0.421. The smallest absolute Gasteiger partial charge is 0.203 e. The quantitative estimate of drug-likeness (QED) is 0.343. The van der Waals surface area contributed by atoms with Gasteiger partial charge in [0.05, 0.1) is 32.9 Å². The molecule has 1 aromatic heterocycles. The number of ether oxygens (including phenoxy) is 3. The van der Waals surface area contributed by atoms with E-state index >= 15 is 0 Å². The van der Waals surface area contributed by atoms with Crippen molar-refractivity contribution in [2.45, 2.75) is 13.1 Å². The van der Waals surface area contributed by atoms with Gasteiger partial charge in [-0.2, -0.15) is 0 Å². The van der Waals surface area contributed by atoms with Gasteiger partial charge in [-0.25, -0.2) is 0 Å². The Hall–Kier alpha value is -1.81. The summed E-state index contributed by atoms with van der Waals surface area (Å²) in [6.07, 6.45) is 1.89. The summed E-state index contributed by atoms with van der Waals surface area (Å²) in [5, 5.41) is 4.08. The summed E-state index contributed by atoms with van der Waals surface area (Å²) in [5.74, 6) is 2.58. The van der Waals surface area contributed by atoms with Gasteiger partial charge in [-0.1, -0.05) is 11.6 Å². The molecule has 0 aliphatic heterocycles. The minimum absolute atomic E-state index is 0. The van der Waals surface area contributed by atoms with Gasteiger partial charge in [-0.3, -0.25) is 4.99 Å². The molecule has 1 aromatic carbocycles. The predicted molar refractivity (Wildman–Crippen MR) is 124 cm³/mol. The molecule has 0 unspecified atom stereocenters. The molecule has 0 radical (unpaired) electrons. The molecule has 0 saturated carbocycles. The van der Waals surface area contributed by atoms with E-state index < -0.39 is 0 Å². The summed E-state index contributed by atoms with van der Waals surface area (Å²) in [7, 11) is 10.5. The van der Waals surface area contributed by atoms with Crippen LogP contribution < -0.4 is 19.5 Å². The zero-order chi connectivity index (χ0) is 20.0. The predicted octanol–water partition coefficient (Wildman–Crippen LogP) is 3.53. The topological polar surface area (TPSA) is 60.3 Å². The zero-order valence-corrected chi connectivity index (χ0v) is 20.2. The third kappa shape index (κ3) is 5.84. The Labute approximate surface area is 188 Å². The van der Waals surface area contributed by atoms with Crippen LogP contribution in [0.4, 0.5) is 0 Å². The molecule has 156 valence electrons. The van der Waals surface area contributed by atoms with E-state index in [1.54, 1.807) is 28.4 Å². The van der Waals surface area contributed by atoms with Crippen molar-refractivity contribution in [1.82, 2.24) is 14.8 Å². The molecule has 0 amide bonds. The van der Waals surface area contributed by atoms with Crippen LogP contribution in [0.3, 0.4) is 0 Å². The first-order valence-corrected chi connectivity index (χ1v) is 8.82. The van der Waals surface area contributed by atoms with Crippen LogP contribution in [0.15, 0.2) is 29.4 Å². The molecule has 28 heavy (non-hydrogen) atoms. The number of methoxy groups -OCH3 is 3. The number of guanidine groups is 1. The van der Waals surface area contributed by atoms with Crippen LogP contribution in [0, 0.1) is 0 Å². The van der Waals surface area contributed by atoms with Crippen molar-refractivity contribution in [2.24, 2.45) is 12.0 Å². The summed E-state index contributed by atoms with van der Waals surface area (Å²) in [5.41, 5.74) is 2.08. The van der Waals surface area contributed by atoms with E-state index in [1.807, 2.05) is 48.0 Å². The van der Waals surface area contributed by atoms with Crippen LogP contribution in [-0.2, 0) is 20.1 Å². The monoisotopic (exact) mass is 522 g/mol. The minimum atomic E-state index is 0. The number of hydrogen-bond donors (Lipinski definition) is 1. The lowest BCUT2D eigenvalue weighted by Gasteiger charge is -2.23. The molecule has 0 aliphatic rings. The van der Waals surface area contributed by atoms with E-state index in [-0.39, 0.29) is 24.0 Å². The number of aromatic nitrogens is 1. The van der Waals surface area contributed by atoms with Crippen molar-refractivity contribution in [2.75, 3.05) is 35.4 Å². The van der Waals surface area contributed by atoms with E-state index in [4.69, 9.17) is 25.8 Å². The summed E-state index contributed by atoms with van der Waals surface area (Å²) in [4.78, 5) is 6.39. The third-order valence-electron chi connectivity index (χ3n) is 4.22. The second-order valence-corrected chi connectivity index (χ2v) is 6.49. The molecule has 0 aliphatic carbocycles. The molecule has 1 heterocycles. The second kappa shape index (κ2) is 11.3. The van der Waals surface area contributed by atoms with E-state index in [2.05, 4.69) is 10.3 Å². The SMILES string of the molecule is CN=C(NCc1cc(OC)c(OC)c(OC)c1)N(C)Cc1cc(Cl)cn1C.I. The number of aliphatic imine (C=N–C) groups is 1. The van der Waals surface area contributed by atoms with E-state index in [1.165, 1.54) is 0 Å². The first kappa shape index (κ1) is 24.2. The Kier molecular flexibility index (Phi) is 9.74. The molecule has 1 N–H and O–H groups in total. The van der Waals surface area contributed by atoms with Crippen molar-refractivity contribution in [3.63, 3.8) is 0 Å². The average Bonchev–Trinajstić information content (AvgIpc) is 2.97. The number of aryl methyl sites for hydroxylation is 1. The van der Waals surface area contributed by atoms with Crippen LogP contribution >= 0.6 is 35.6 Å². The molecule has 7 nitrogen and oxygen atoms in total. The van der Waals surface area contributed by atoms with Crippen LogP contribution in [-0.4, -0.2) is 50.9 Å². The Morgan fingerprint density at radius 3 is 2.18 bits per heavy atom. The Balaban J connectivity index is 0.00000392. The largest absolute Gasteiger partial charge is 0.493 e. The molecule has 0 spiro atoms. The zero-order valence-electron chi connectivity index (χ0n) is 17.1. The van der Waals surface area contributed by atoms with Gasteiger partial charge in [0.25, 0.3) is 0 Å². The molecule has 2 aromatic rings. The normalized spacial score (nSPS) is 10.9. The van der Waals surface area contributed by atoms with Crippen LogP contribution in [0.1, 0.15) is 11.3 Å². The highest BCUT2D eigenvalue weighted by atomic mass is 127. The highest BCUT2D eigenvalue weighted by Gasteiger charge is 2.14. The highest BCUT2D eigenvalue weighted by Crippen LogP contribution is 2.38. The van der Waals surface area contributed by atoms with Crippen molar-refractivity contribution in [3.05, 3.63) is 40.7 Å². The molecule has 9 heteroatoms. The van der Waals surface area contributed by atoms with Gasteiger partial charge in [0.2, 0.25) is 5.75 Å².